The Balaban J connectivity index is 0.879. The molecule has 19 aromatic rings. The second-order valence-corrected chi connectivity index (χ2v) is 46.5. The van der Waals surface area contributed by atoms with Gasteiger partial charge in [-0.2, -0.15) is 0 Å². The molecule has 0 N–H and O–H groups in total. The number of benzene rings is 19. The predicted molar refractivity (Wildman–Crippen MR) is 629 cm³/mol. The van der Waals surface area contributed by atoms with Crippen molar-refractivity contribution < 1.29 is 0 Å². The van der Waals surface area contributed by atoms with Crippen molar-refractivity contribution in [3.05, 3.63) is 470 Å². The van der Waals surface area contributed by atoms with E-state index >= 15 is 0 Å². The van der Waals surface area contributed by atoms with Crippen molar-refractivity contribution in [1.29, 1.82) is 0 Å². The summed E-state index contributed by atoms with van der Waals surface area (Å²) < 4.78 is 0. The maximum absolute atomic E-state index is 2.78. The van der Waals surface area contributed by atoms with Gasteiger partial charge in [0.2, 0.25) is 0 Å². The van der Waals surface area contributed by atoms with Crippen molar-refractivity contribution in [2.75, 3.05) is 29.4 Å². The minimum absolute atomic E-state index is 0.0470. The molecule has 714 valence electrons. The molecule has 0 bridgehead atoms. The second-order valence-electron chi connectivity index (χ2n) is 46.5. The number of hydrogen-bond acceptors (Lipinski definition) is 6. The first-order chi connectivity index (χ1) is 70.3. The molecule has 0 saturated heterocycles. The molecule has 0 amide bonds. The summed E-state index contributed by atoms with van der Waals surface area (Å²) in [6, 6.07) is 168. The van der Waals surface area contributed by atoms with Gasteiger partial charge in [0, 0.05) is 95.9 Å². The summed E-state index contributed by atoms with van der Waals surface area (Å²) in [6.07, 6.45) is 0. The Bertz CT molecular complexity index is 8120. The molecule has 0 unspecified atom stereocenters. The highest BCUT2D eigenvalue weighted by atomic mass is 15.2. The van der Waals surface area contributed by atoms with Crippen LogP contribution in [0, 0.1) is 0 Å². The van der Waals surface area contributed by atoms with E-state index in [1.54, 1.807) is 0 Å². The molecule has 0 spiro atoms. The van der Waals surface area contributed by atoms with Crippen LogP contribution in [0.25, 0.3) is 66.8 Å². The van der Waals surface area contributed by atoms with Crippen LogP contribution in [0.5, 0.6) is 0 Å². The van der Waals surface area contributed by atoms with Crippen LogP contribution < -0.4 is 62.2 Å². The lowest BCUT2D eigenvalue weighted by Crippen LogP contribution is -2.65. The second kappa shape index (κ2) is 36.1. The fourth-order valence-corrected chi connectivity index (χ4v) is 23.0. The molecule has 23 rings (SSSR count). The van der Waals surface area contributed by atoms with Gasteiger partial charge in [-0.25, -0.2) is 0 Å². The van der Waals surface area contributed by atoms with Crippen LogP contribution in [0.4, 0.5) is 102 Å². The van der Waals surface area contributed by atoms with Crippen molar-refractivity contribution in [3.8, 4) is 66.8 Å². The van der Waals surface area contributed by atoms with Crippen molar-refractivity contribution in [2.45, 2.75) is 157 Å². The molecule has 0 radical (unpaired) electrons. The van der Waals surface area contributed by atoms with Crippen LogP contribution in [0.3, 0.4) is 0 Å². The fourth-order valence-electron chi connectivity index (χ4n) is 23.0. The van der Waals surface area contributed by atoms with E-state index in [2.05, 4.69) is 591 Å². The summed E-state index contributed by atoms with van der Waals surface area (Å²) in [4.78, 5) is 15.8. The molecule has 0 atom stereocenters. The van der Waals surface area contributed by atoms with E-state index in [0.29, 0.717) is 0 Å². The standard InChI is InChI=1S/C138H126B2N6/c1-133(2,3)97-73-61-91(62-74-97)108-47-28-34-55-118(108)141(103-41-22-19-23-42-103)106-85-126-130-127(86-106)144(120-57-36-30-49-110(120)93-65-77-99(78-66-93)135(7,8)9)122-59-38-32-53-114(122)139(130)116-89-117-125(90-124(116)143(126)105-45-26-21-27-46-105)146(132-112(95-69-81-101(82-70-95)137(13,14)15)51-40-52-113(132)96-71-83-102(84-72-96)138(16,17)18)129-88-107(142(104-43-24-20-25-44-104)119-56-35-29-48-109(119)92-63-75-98(76-64-92)134(4,5)6)87-128-131(129)140(117)115-54-33-39-60-123(115)145(128)121-58-37-31-50-111(121)94-67-79-100(80-68-94)136(10,11)12/h19-90H,1-18H3. The molecule has 4 heterocycles. The van der Waals surface area contributed by atoms with Gasteiger partial charge in [-0.3, -0.25) is 0 Å². The molecule has 0 saturated carbocycles. The quantitative estimate of drug-likeness (QED) is 0.0892. The van der Waals surface area contributed by atoms with Crippen LogP contribution in [0.1, 0.15) is 158 Å². The molecule has 146 heavy (non-hydrogen) atoms. The summed E-state index contributed by atoms with van der Waals surface area (Å²) in [6.45, 7) is 40.9. The summed E-state index contributed by atoms with van der Waals surface area (Å²) >= 11 is 0. The minimum atomic E-state index is -0.382. The van der Waals surface area contributed by atoms with Crippen LogP contribution in [0.15, 0.2) is 437 Å². The maximum Gasteiger partial charge on any atom is 0.252 e. The van der Waals surface area contributed by atoms with Crippen molar-refractivity contribution >= 4 is 149 Å². The van der Waals surface area contributed by atoms with E-state index in [4.69, 9.17) is 0 Å². The lowest BCUT2D eigenvalue weighted by Gasteiger charge is -2.48. The Labute approximate surface area is 865 Å². The van der Waals surface area contributed by atoms with Gasteiger partial charge in [0.25, 0.3) is 13.4 Å². The molecular weight excluding hydrogens is 1760 g/mol. The van der Waals surface area contributed by atoms with Crippen LogP contribution in [-0.2, 0) is 32.5 Å². The lowest BCUT2D eigenvalue weighted by molar-refractivity contribution is 0.590. The first kappa shape index (κ1) is 93.7. The summed E-state index contributed by atoms with van der Waals surface area (Å²) in [5, 5.41) is 0. The molecule has 19 aromatic carbocycles. The highest BCUT2D eigenvalue weighted by Crippen LogP contribution is 2.58. The van der Waals surface area contributed by atoms with Gasteiger partial charge in [0.15, 0.2) is 0 Å². The van der Waals surface area contributed by atoms with Gasteiger partial charge in [-0.15, -0.1) is 0 Å². The van der Waals surface area contributed by atoms with Crippen molar-refractivity contribution in [1.82, 2.24) is 0 Å². The largest absolute Gasteiger partial charge is 0.311 e. The zero-order chi connectivity index (χ0) is 101. The monoisotopic (exact) mass is 1890 g/mol. The Morgan fingerprint density at radius 2 is 0.425 bits per heavy atom. The molecule has 0 fully saturated rings. The highest BCUT2D eigenvalue weighted by molar-refractivity contribution is 7.03. The Morgan fingerprint density at radius 1 is 0.171 bits per heavy atom. The van der Waals surface area contributed by atoms with E-state index in [1.165, 1.54) is 66.2 Å². The van der Waals surface area contributed by atoms with Gasteiger partial charge in [-0.05, 0) is 235 Å². The van der Waals surface area contributed by atoms with E-state index in [1.807, 2.05) is 0 Å². The Kier molecular flexibility index (Phi) is 23.2. The summed E-state index contributed by atoms with van der Waals surface area (Å²) in [7, 11) is 0. The van der Waals surface area contributed by atoms with Gasteiger partial charge < -0.3 is 29.4 Å². The topological polar surface area (TPSA) is 19.4 Å². The van der Waals surface area contributed by atoms with Crippen LogP contribution in [-0.4, -0.2) is 13.4 Å². The minimum Gasteiger partial charge on any atom is -0.311 e. The molecule has 4 aliphatic rings. The predicted octanol–water partition coefficient (Wildman–Crippen LogP) is 34.6. The van der Waals surface area contributed by atoms with Gasteiger partial charge in [-0.1, -0.05) is 458 Å². The van der Waals surface area contributed by atoms with Crippen LogP contribution >= 0.6 is 0 Å². The third kappa shape index (κ3) is 16.7. The molecule has 0 aliphatic carbocycles. The Morgan fingerprint density at radius 3 is 0.760 bits per heavy atom. The molecule has 6 nitrogen and oxygen atoms in total. The highest BCUT2D eigenvalue weighted by Gasteiger charge is 2.51. The van der Waals surface area contributed by atoms with Gasteiger partial charge >= 0.3 is 0 Å². The molecule has 4 aliphatic heterocycles. The zero-order valence-electron chi connectivity index (χ0n) is 87.4. The summed E-state index contributed by atoms with van der Waals surface area (Å²) in [5.74, 6) is 0. The Hall–Kier alpha value is -15.9. The normalized spacial score (nSPS) is 13.2. The molecule has 0 aromatic heterocycles. The van der Waals surface area contributed by atoms with Crippen LogP contribution in [0.2, 0.25) is 0 Å². The van der Waals surface area contributed by atoms with Crippen molar-refractivity contribution in [2.24, 2.45) is 0 Å². The van der Waals surface area contributed by atoms with E-state index < -0.39 is 0 Å². The van der Waals surface area contributed by atoms with E-state index in [9.17, 15) is 0 Å². The van der Waals surface area contributed by atoms with E-state index in [-0.39, 0.29) is 45.9 Å². The van der Waals surface area contributed by atoms with Crippen molar-refractivity contribution in [3.63, 3.8) is 0 Å². The number of fused-ring (bicyclic) bond motifs is 8. The van der Waals surface area contributed by atoms with E-state index in [0.717, 1.165) is 169 Å². The average molecular weight is 1890 g/mol. The smallest absolute Gasteiger partial charge is 0.252 e. The first-order valence-electron chi connectivity index (χ1n) is 52.1. The van der Waals surface area contributed by atoms with Gasteiger partial charge in [0.1, 0.15) is 0 Å². The maximum atomic E-state index is 2.78. The number of nitrogens with zero attached hydrogens (tertiary/aromatic N) is 6. The zero-order valence-corrected chi connectivity index (χ0v) is 87.4. The molecule has 8 heteroatoms. The lowest BCUT2D eigenvalue weighted by atomic mass is 9.30. The van der Waals surface area contributed by atoms with Gasteiger partial charge in [0.05, 0.1) is 39.8 Å². The third-order valence-electron chi connectivity index (χ3n) is 30.8. The number of anilines is 18. The number of rotatable bonds is 16. The SMILES string of the molecule is CC(C)(C)c1ccc(-c2ccccc2N(c2ccccc2)c2cc3c4c(c2)N(c2ccccc2-c2ccc(C(C)(C)C)cc2)c2ccccc2B4c2cc4c(cc2N3c2ccccc2)N(c2c(-c3ccc(C(C)(C)C)cc3)cccc2-c2ccc(C(C)(C)C)cc2)c2cc(N(c3ccccc3)c3ccccc3-c3ccc(C(C)(C)C)cc3)cc3c2B4c2ccccc2N3c2ccccc2-c2ccc(C(C)(C)C)cc2)cc1. The summed E-state index contributed by atoms with van der Waals surface area (Å²) in [5.41, 5.74) is 47.0. The first-order valence-corrected chi connectivity index (χ1v) is 52.1. The number of hydrogen-bond donors (Lipinski definition) is 0. The fraction of sp³-hybridized carbons (Fsp3) is 0.174. The third-order valence-corrected chi connectivity index (χ3v) is 30.8. The average Bonchev–Trinajstić information content (AvgIpc) is 0.674. The molecular formula is C138H126B2N6. The number of para-hydroxylation sites is 10.